The molecule has 7 heteroatoms. The van der Waals surface area contributed by atoms with Crippen LogP contribution in [0.15, 0.2) is 71.9 Å². The number of dihydropyridines is 1. The maximum atomic E-state index is 12.9. The lowest BCUT2D eigenvalue weighted by Gasteiger charge is -2.35. The molecule has 0 aliphatic carbocycles. The summed E-state index contributed by atoms with van der Waals surface area (Å²) >= 11 is 6.33. The smallest absolute Gasteiger partial charge is 0.274 e. The van der Waals surface area contributed by atoms with Crippen LogP contribution in [0.4, 0.5) is 0 Å². The van der Waals surface area contributed by atoms with Crippen molar-refractivity contribution < 1.29 is 4.79 Å². The highest BCUT2D eigenvalue weighted by molar-refractivity contribution is 6.31. The molecule has 1 aromatic rings. The molecule has 0 spiro atoms. The average Bonchev–Trinajstić information content (AvgIpc) is 3.04. The van der Waals surface area contributed by atoms with Crippen LogP contribution in [0.1, 0.15) is 25.5 Å². The van der Waals surface area contributed by atoms with E-state index in [1.165, 1.54) is 0 Å². The standard InChI is InChI=1S/C20H22ClN5O/c1-12-9-14(10-13(2)23-12)24-20(27)18-11-22-19-8-7-17(25-26(18)19)15-5-3-4-6-16(15)21/h3-12,17,19,22-23,25H,1-2H3,(H,24,27). The average molecular weight is 384 g/mol. The number of amides is 1. The maximum Gasteiger partial charge on any atom is 0.274 e. The minimum Gasteiger partial charge on any atom is -0.383 e. The van der Waals surface area contributed by atoms with Crippen molar-refractivity contribution in [3.8, 4) is 0 Å². The van der Waals surface area contributed by atoms with Crippen molar-refractivity contribution in [3.63, 3.8) is 0 Å². The summed E-state index contributed by atoms with van der Waals surface area (Å²) in [5.41, 5.74) is 6.69. The number of hydrogen-bond donors (Lipinski definition) is 4. The van der Waals surface area contributed by atoms with Crippen molar-refractivity contribution in [1.29, 1.82) is 0 Å². The van der Waals surface area contributed by atoms with E-state index in [2.05, 4.69) is 21.4 Å². The van der Waals surface area contributed by atoms with Gasteiger partial charge in [0.25, 0.3) is 5.91 Å². The molecule has 0 radical (unpaired) electrons. The zero-order valence-corrected chi connectivity index (χ0v) is 15.9. The van der Waals surface area contributed by atoms with Crippen LogP contribution >= 0.6 is 11.6 Å². The van der Waals surface area contributed by atoms with Crippen molar-refractivity contribution in [2.75, 3.05) is 0 Å². The first-order valence-electron chi connectivity index (χ1n) is 8.93. The summed E-state index contributed by atoms with van der Waals surface area (Å²) in [7, 11) is 0. The van der Waals surface area contributed by atoms with Gasteiger partial charge in [-0.1, -0.05) is 35.9 Å². The van der Waals surface area contributed by atoms with Gasteiger partial charge in [0.05, 0.1) is 6.04 Å². The van der Waals surface area contributed by atoms with Crippen molar-refractivity contribution in [2.45, 2.75) is 32.1 Å². The zero-order chi connectivity index (χ0) is 19.0. The number of hydrogen-bond acceptors (Lipinski definition) is 5. The van der Waals surface area contributed by atoms with E-state index in [1.54, 1.807) is 6.20 Å². The molecular weight excluding hydrogens is 362 g/mol. The van der Waals surface area contributed by atoms with Gasteiger partial charge in [-0.2, -0.15) is 0 Å². The number of allylic oxidation sites excluding steroid dienone is 2. The molecule has 4 rings (SSSR count). The summed E-state index contributed by atoms with van der Waals surface area (Å²) in [6.07, 6.45) is 9.61. The van der Waals surface area contributed by atoms with E-state index >= 15 is 0 Å². The van der Waals surface area contributed by atoms with Gasteiger partial charge in [-0.05, 0) is 43.7 Å². The zero-order valence-electron chi connectivity index (χ0n) is 15.2. The summed E-state index contributed by atoms with van der Waals surface area (Å²) in [5.74, 6) is -0.171. The van der Waals surface area contributed by atoms with Crippen LogP contribution in [0, 0.1) is 0 Å². The van der Waals surface area contributed by atoms with Crippen LogP contribution in [0.3, 0.4) is 0 Å². The molecule has 0 fully saturated rings. The molecule has 6 nitrogen and oxygen atoms in total. The maximum absolute atomic E-state index is 12.9. The quantitative estimate of drug-likeness (QED) is 0.604. The number of carbonyl (C=O) groups is 1. The Hall–Kier alpha value is -2.70. The minimum atomic E-state index is -0.171. The number of carbonyl (C=O) groups excluding carboxylic acids is 1. The van der Waals surface area contributed by atoms with Crippen LogP contribution in [0.5, 0.6) is 0 Å². The summed E-state index contributed by atoms with van der Waals surface area (Å²) in [5, 5.41) is 12.0. The van der Waals surface area contributed by atoms with E-state index in [1.807, 2.05) is 67.4 Å². The van der Waals surface area contributed by atoms with Gasteiger partial charge in [0.1, 0.15) is 11.9 Å². The molecule has 0 saturated carbocycles. The molecule has 1 amide bonds. The van der Waals surface area contributed by atoms with Crippen molar-refractivity contribution in [3.05, 3.63) is 82.4 Å². The number of benzene rings is 1. The van der Waals surface area contributed by atoms with Gasteiger partial charge in [0.2, 0.25) is 0 Å². The third-order valence-electron chi connectivity index (χ3n) is 4.68. The van der Waals surface area contributed by atoms with Crippen LogP contribution < -0.4 is 21.4 Å². The summed E-state index contributed by atoms with van der Waals surface area (Å²) in [4.78, 5) is 12.9. The monoisotopic (exact) mass is 383 g/mol. The molecule has 3 aliphatic rings. The molecule has 3 heterocycles. The van der Waals surface area contributed by atoms with Crippen LogP contribution in [-0.4, -0.2) is 23.1 Å². The molecule has 0 bridgehead atoms. The second kappa shape index (κ2) is 7.13. The predicted molar refractivity (Wildman–Crippen MR) is 106 cm³/mol. The van der Waals surface area contributed by atoms with Gasteiger partial charge in [0.15, 0.2) is 0 Å². The first-order valence-corrected chi connectivity index (χ1v) is 9.31. The van der Waals surface area contributed by atoms with Crippen molar-refractivity contribution in [2.24, 2.45) is 0 Å². The third kappa shape index (κ3) is 3.59. The lowest BCUT2D eigenvalue weighted by Crippen LogP contribution is -2.51. The number of nitrogens with zero attached hydrogens (tertiary/aromatic N) is 1. The summed E-state index contributed by atoms with van der Waals surface area (Å²) in [6.45, 7) is 4.02. The Morgan fingerprint density at radius 2 is 2.07 bits per heavy atom. The molecule has 3 atom stereocenters. The van der Waals surface area contributed by atoms with E-state index < -0.39 is 0 Å². The number of nitrogens with one attached hydrogen (secondary N) is 4. The molecule has 140 valence electrons. The Balaban J connectivity index is 1.50. The molecule has 3 unspecified atom stereocenters. The van der Waals surface area contributed by atoms with E-state index in [0.717, 1.165) is 17.0 Å². The van der Waals surface area contributed by atoms with E-state index in [4.69, 9.17) is 11.6 Å². The highest BCUT2D eigenvalue weighted by Gasteiger charge is 2.33. The molecule has 3 aliphatic heterocycles. The minimum absolute atomic E-state index is 0.105. The van der Waals surface area contributed by atoms with Gasteiger partial charge in [-0.15, -0.1) is 0 Å². The number of fused-ring (bicyclic) bond motifs is 1. The van der Waals surface area contributed by atoms with Gasteiger partial charge in [-0.25, -0.2) is 5.43 Å². The van der Waals surface area contributed by atoms with Crippen LogP contribution in [-0.2, 0) is 4.79 Å². The van der Waals surface area contributed by atoms with Crippen LogP contribution in [0.25, 0.3) is 0 Å². The van der Waals surface area contributed by atoms with Gasteiger partial charge >= 0.3 is 0 Å². The van der Waals surface area contributed by atoms with E-state index in [-0.39, 0.29) is 24.2 Å². The second-order valence-electron chi connectivity index (χ2n) is 6.86. The normalized spacial score (nSPS) is 26.3. The Morgan fingerprint density at radius 1 is 1.26 bits per heavy atom. The Kier molecular flexibility index (Phi) is 4.68. The first-order chi connectivity index (χ1) is 13.0. The molecule has 0 aromatic heterocycles. The number of rotatable bonds is 3. The predicted octanol–water partition coefficient (Wildman–Crippen LogP) is 2.42. The topological polar surface area (TPSA) is 68.4 Å². The Labute approximate surface area is 163 Å². The molecule has 27 heavy (non-hydrogen) atoms. The highest BCUT2D eigenvalue weighted by atomic mass is 35.5. The van der Waals surface area contributed by atoms with Crippen molar-refractivity contribution in [1.82, 2.24) is 26.4 Å². The third-order valence-corrected chi connectivity index (χ3v) is 5.02. The fraction of sp³-hybridized carbons (Fsp3) is 0.250. The Morgan fingerprint density at radius 3 is 2.85 bits per heavy atom. The fourth-order valence-electron chi connectivity index (χ4n) is 3.50. The number of hydrazine groups is 1. The fourth-order valence-corrected chi connectivity index (χ4v) is 3.75. The van der Waals surface area contributed by atoms with Gasteiger partial charge < -0.3 is 16.0 Å². The Bertz CT molecular complexity index is 888. The molecule has 1 aromatic carbocycles. The lowest BCUT2D eigenvalue weighted by molar-refractivity contribution is -0.118. The van der Waals surface area contributed by atoms with Crippen LogP contribution in [0.2, 0.25) is 5.02 Å². The largest absolute Gasteiger partial charge is 0.383 e. The number of halogens is 1. The SMILES string of the molecule is CC1=CC(NC(=O)C2=CNC3C=CC(c4ccccc4Cl)NN23)=CC(C)N1. The van der Waals surface area contributed by atoms with Gasteiger partial charge in [0, 0.05) is 28.7 Å². The molecular formula is C20H22ClN5O. The lowest BCUT2D eigenvalue weighted by atomic mass is 10.1. The van der Waals surface area contributed by atoms with E-state index in [9.17, 15) is 4.79 Å². The summed E-state index contributed by atoms with van der Waals surface area (Å²) < 4.78 is 0. The van der Waals surface area contributed by atoms with E-state index in [0.29, 0.717) is 10.7 Å². The summed E-state index contributed by atoms with van der Waals surface area (Å²) in [6, 6.07) is 7.77. The second-order valence-corrected chi connectivity index (χ2v) is 7.27. The molecule has 4 N–H and O–H groups in total. The highest BCUT2D eigenvalue weighted by Crippen LogP contribution is 2.29. The molecule has 0 saturated heterocycles. The first kappa shape index (κ1) is 17.7. The van der Waals surface area contributed by atoms with Crippen molar-refractivity contribution >= 4 is 17.5 Å². The van der Waals surface area contributed by atoms with Gasteiger partial charge in [-0.3, -0.25) is 9.80 Å².